The number of carboxylic acids is 1. The number of methoxy groups -OCH3 is 1. The minimum atomic E-state index is -0.956. The van der Waals surface area contributed by atoms with Gasteiger partial charge in [-0.1, -0.05) is 12.5 Å². The molecule has 22 heavy (non-hydrogen) atoms. The van der Waals surface area contributed by atoms with Crippen molar-refractivity contribution in [2.24, 2.45) is 0 Å². The summed E-state index contributed by atoms with van der Waals surface area (Å²) in [5.74, 6) is -0.460. The van der Waals surface area contributed by atoms with E-state index in [1.165, 1.54) is 19.3 Å². The molecule has 2 aromatic rings. The van der Waals surface area contributed by atoms with Crippen LogP contribution in [0.25, 0.3) is 5.52 Å². The molecule has 0 saturated carbocycles. The fourth-order valence-corrected chi connectivity index (χ4v) is 3.37. The van der Waals surface area contributed by atoms with Crippen molar-refractivity contribution in [1.82, 2.24) is 9.30 Å². The zero-order valence-electron chi connectivity index (χ0n) is 12.9. The van der Waals surface area contributed by atoms with Crippen LogP contribution >= 0.6 is 0 Å². The molecule has 1 fully saturated rings. The molecule has 0 spiro atoms. The molecule has 3 rings (SSSR count). The molecule has 5 heteroatoms. The Morgan fingerprint density at radius 2 is 2.05 bits per heavy atom. The van der Waals surface area contributed by atoms with Gasteiger partial charge in [0.25, 0.3) is 0 Å². The topological polar surface area (TPSA) is 54.2 Å². The van der Waals surface area contributed by atoms with Crippen molar-refractivity contribution in [1.29, 1.82) is 0 Å². The van der Waals surface area contributed by atoms with E-state index in [1.54, 1.807) is 17.7 Å². The van der Waals surface area contributed by atoms with Crippen molar-refractivity contribution < 1.29 is 14.6 Å². The van der Waals surface area contributed by atoms with Gasteiger partial charge in [0, 0.05) is 18.3 Å². The van der Waals surface area contributed by atoms with E-state index < -0.39 is 5.97 Å². The third kappa shape index (κ3) is 2.68. The molecular formula is C17H22N2O3. The van der Waals surface area contributed by atoms with Gasteiger partial charge in [-0.25, -0.2) is 4.79 Å². The van der Waals surface area contributed by atoms with Gasteiger partial charge in [-0.2, -0.15) is 0 Å². The van der Waals surface area contributed by atoms with Crippen molar-refractivity contribution >= 4 is 11.5 Å². The van der Waals surface area contributed by atoms with Crippen molar-refractivity contribution in [2.45, 2.75) is 25.7 Å². The largest absolute Gasteiger partial charge is 0.494 e. The number of likely N-dealkylation sites (tertiary alicyclic amines) is 1. The number of aromatic carboxylic acids is 1. The molecule has 0 radical (unpaired) electrons. The molecule has 1 aliphatic heterocycles. The Morgan fingerprint density at radius 3 is 2.73 bits per heavy atom. The highest BCUT2D eigenvalue weighted by Crippen LogP contribution is 2.31. The van der Waals surface area contributed by atoms with E-state index in [0.717, 1.165) is 37.1 Å². The number of pyridine rings is 1. The minimum Gasteiger partial charge on any atom is -0.494 e. The lowest BCUT2D eigenvalue weighted by atomic mass is 10.1. The summed E-state index contributed by atoms with van der Waals surface area (Å²) in [7, 11) is 1.55. The molecule has 0 aromatic carbocycles. The number of carboxylic acid groups (broad SMARTS) is 1. The zero-order valence-corrected chi connectivity index (χ0v) is 12.9. The molecule has 1 aliphatic rings. The molecule has 0 unspecified atom stereocenters. The number of piperidine rings is 1. The summed E-state index contributed by atoms with van der Waals surface area (Å²) < 4.78 is 7.16. The second kappa shape index (κ2) is 6.40. The Labute approximate surface area is 130 Å². The Morgan fingerprint density at radius 1 is 1.27 bits per heavy atom. The quantitative estimate of drug-likeness (QED) is 0.922. The summed E-state index contributed by atoms with van der Waals surface area (Å²) in [5, 5.41) is 9.51. The van der Waals surface area contributed by atoms with Crippen LogP contribution < -0.4 is 4.74 Å². The van der Waals surface area contributed by atoms with Crippen LogP contribution in [0.15, 0.2) is 24.4 Å². The first-order chi connectivity index (χ1) is 10.7. The van der Waals surface area contributed by atoms with Gasteiger partial charge >= 0.3 is 5.97 Å². The number of fused-ring (bicyclic) bond motifs is 1. The molecular weight excluding hydrogens is 280 g/mol. The average molecular weight is 302 g/mol. The molecule has 0 aliphatic carbocycles. The third-order valence-corrected chi connectivity index (χ3v) is 4.43. The lowest BCUT2D eigenvalue weighted by molar-refractivity contribution is 0.0685. The van der Waals surface area contributed by atoms with Gasteiger partial charge in [0.1, 0.15) is 0 Å². The number of nitrogens with zero attached hydrogens (tertiary/aromatic N) is 2. The minimum absolute atomic E-state index is 0.215. The molecule has 1 saturated heterocycles. The Balaban J connectivity index is 1.95. The molecule has 0 amide bonds. The van der Waals surface area contributed by atoms with E-state index in [0.29, 0.717) is 5.75 Å². The highest BCUT2D eigenvalue weighted by atomic mass is 16.5. The monoisotopic (exact) mass is 302 g/mol. The van der Waals surface area contributed by atoms with E-state index in [9.17, 15) is 9.90 Å². The first-order valence-corrected chi connectivity index (χ1v) is 7.84. The van der Waals surface area contributed by atoms with Crippen molar-refractivity contribution in [3.05, 3.63) is 35.7 Å². The normalized spacial score (nSPS) is 16.0. The predicted octanol–water partition coefficient (Wildman–Crippen LogP) is 2.67. The van der Waals surface area contributed by atoms with Crippen LogP contribution in [0.2, 0.25) is 0 Å². The second-order valence-corrected chi connectivity index (χ2v) is 5.77. The van der Waals surface area contributed by atoms with Crippen LogP contribution in [0.1, 0.15) is 35.3 Å². The highest BCUT2D eigenvalue weighted by molar-refractivity contribution is 5.93. The van der Waals surface area contributed by atoms with Crippen LogP contribution in [0, 0.1) is 0 Å². The summed E-state index contributed by atoms with van der Waals surface area (Å²) >= 11 is 0. The summed E-state index contributed by atoms with van der Waals surface area (Å²) in [4.78, 5) is 14.1. The van der Waals surface area contributed by atoms with E-state index in [1.807, 2.05) is 18.2 Å². The maximum Gasteiger partial charge on any atom is 0.356 e. The van der Waals surface area contributed by atoms with E-state index in [2.05, 4.69) is 4.90 Å². The van der Waals surface area contributed by atoms with Gasteiger partial charge < -0.3 is 19.1 Å². The standard InChI is InChI=1S/C17H22N2O3/c1-22-16-13(8-12-18-9-4-2-5-10-18)14-7-3-6-11-19(14)15(16)17(20)21/h3,6-7,11H,2,4-5,8-10,12H2,1H3,(H,20,21). The molecule has 2 aromatic heterocycles. The van der Waals surface area contributed by atoms with Gasteiger partial charge in [0.15, 0.2) is 11.4 Å². The number of rotatable bonds is 5. The number of ether oxygens (including phenoxy) is 1. The molecule has 1 N–H and O–H groups in total. The SMILES string of the molecule is COc1c(CCN2CCCCC2)c2ccccn2c1C(=O)O. The lowest BCUT2D eigenvalue weighted by Gasteiger charge is -2.26. The van der Waals surface area contributed by atoms with Gasteiger partial charge in [-0.3, -0.25) is 0 Å². The summed E-state index contributed by atoms with van der Waals surface area (Å²) in [5.41, 5.74) is 2.13. The Bertz CT molecular complexity index is 672. The average Bonchev–Trinajstić information content (AvgIpc) is 2.87. The van der Waals surface area contributed by atoms with Gasteiger partial charge in [-0.05, 0) is 44.5 Å². The second-order valence-electron chi connectivity index (χ2n) is 5.77. The smallest absolute Gasteiger partial charge is 0.356 e. The van der Waals surface area contributed by atoms with E-state index >= 15 is 0 Å². The molecule has 0 atom stereocenters. The maximum atomic E-state index is 11.6. The van der Waals surface area contributed by atoms with Crippen molar-refractivity contribution in [3.63, 3.8) is 0 Å². The fraction of sp³-hybridized carbons (Fsp3) is 0.471. The number of hydrogen-bond donors (Lipinski definition) is 1. The summed E-state index contributed by atoms with van der Waals surface area (Å²) in [6.45, 7) is 3.23. The first-order valence-electron chi connectivity index (χ1n) is 7.84. The van der Waals surface area contributed by atoms with Gasteiger partial charge in [-0.15, -0.1) is 0 Å². The summed E-state index contributed by atoms with van der Waals surface area (Å²) in [6.07, 6.45) is 6.43. The van der Waals surface area contributed by atoms with E-state index in [4.69, 9.17) is 4.74 Å². The van der Waals surface area contributed by atoms with Crippen LogP contribution in [0.3, 0.4) is 0 Å². The molecule has 5 nitrogen and oxygen atoms in total. The highest BCUT2D eigenvalue weighted by Gasteiger charge is 2.24. The first kappa shape index (κ1) is 14.9. The predicted molar refractivity (Wildman–Crippen MR) is 84.9 cm³/mol. The third-order valence-electron chi connectivity index (χ3n) is 4.43. The van der Waals surface area contributed by atoms with Crippen LogP contribution in [-0.4, -0.2) is 47.1 Å². The molecule has 118 valence electrons. The van der Waals surface area contributed by atoms with Crippen LogP contribution in [0.4, 0.5) is 0 Å². The number of hydrogen-bond acceptors (Lipinski definition) is 3. The van der Waals surface area contributed by atoms with Crippen molar-refractivity contribution in [2.75, 3.05) is 26.7 Å². The van der Waals surface area contributed by atoms with Crippen LogP contribution in [-0.2, 0) is 6.42 Å². The maximum absolute atomic E-state index is 11.6. The van der Waals surface area contributed by atoms with Crippen molar-refractivity contribution in [3.8, 4) is 5.75 Å². The molecule has 3 heterocycles. The van der Waals surface area contributed by atoms with Gasteiger partial charge in [0.05, 0.1) is 12.6 Å². The van der Waals surface area contributed by atoms with Crippen LogP contribution in [0.5, 0.6) is 5.75 Å². The Kier molecular flexibility index (Phi) is 4.34. The summed E-state index contributed by atoms with van der Waals surface area (Å²) in [6, 6.07) is 5.73. The Hall–Kier alpha value is -2.01. The zero-order chi connectivity index (χ0) is 15.5. The van der Waals surface area contributed by atoms with E-state index in [-0.39, 0.29) is 5.69 Å². The van der Waals surface area contributed by atoms with Gasteiger partial charge in [0.2, 0.25) is 0 Å². The fourth-order valence-electron chi connectivity index (χ4n) is 3.37. The number of carbonyl (C=O) groups is 1. The number of aromatic nitrogens is 1. The lowest BCUT2D eigenvalue weighted by Crippen LogP contribution is -2.31. The molecule has 0 bridgehead atoms.